The molecule has 0 radical (unpaired) electrons. The van der Waals surface area contributed by atoms with Gasteiger partial charge < -0.3 is 4.74 Å². The van der Waals surface area contributed by atoms with Crippen molar-refractivity contribution in [3.8, 4) is 6.07 Å². The van der Waals surface area contributed by atoms with Gasteiger partial charge in [-0.1, -0.05) is 11.8 Å². The number of carbonyl (C=O) groups is 1. The zero-order chi connectivity index (χ0) is 14.3. The minimum atomic E-state index is -0.389. The molecule has 0 aliphatic rings. The fraction of sp³-hybridized carbons (Fsp3) is 0.727. The number of aromatic nitrogens is 4. The van der Waals surface area contributed by atoms with Gasteiger partial charge in [0.15, 0.2) is 0 Å². The molecule has 1 aromatic rings. The summed E-state index contributed by atoms with van der Waals surface area (Å²) in [6.07, 6.45) is 1.70. The molecule has 0 N–H and O–H groups in total. The Morgan fingerprint density at radius 2 is 2.32 bits per heavy atom. The monoisotopic (exact) mass is 283 g/mol. The van der Waals surface area contributed by atoms with Crippen LogP contribution in [0.5, 0.6) is 0 Å². The smallest absolute Gasteiger partial charge is 0.327 e. The van der Waals surface area contributed by atoms with Crippen LogP contribution in [-0.4, -0.2) is 39.0 Å². The number of hydrogen-bond donors (Lipinski definition) is 0. The van der Waals surface area contributed by atoms with Crippen molar-refractivity contribution >= 4 is 17.7 Å². The van der Waals surface area contributed by atoms with E-state index in [-0.39, 0.29) is 17.9 Å². The summed E-state index contributed by atoms with van der Waals surface area (Å²) in [4.78, 5) is 11.1. The van der Waals surface area contributed by atoms with Crippen LogP contribution < -0.4 is 0 Å². The first-order valence-electron chi connectivity index (χ1n) is 5.85. The van der Waals surface area contributed by atoms with E-state index >= 15 is 0 Å². The second-order valence-corrected chi connectivity index (χ2v) is 5.71. The van der Waals surface area contributed by atoms with Crippen molar-refractivity contribution in [2.45, 2.75) is 38.4 Å². The number of tetrazole rings is 1. The van der Waals surface area contributed by atoms with E-state index in [1.54, 1.807) is 0 Å². The van der Waals surface area contributed by atoms with Crippen LogP contribution in [0.1, 0.15) is 26.7 Å². The van der Waals surface area contributed by atoms with Crippen LogP contribution in [0.3, 0.4) is 0 Å². The molecule has 0 fully saturated rings. The van der Waals surface area contributed by atoms with Crippen molar-refractivity contribution in [3.63, 3.8) is 0 Å². The molecule has 1 aromatic heterocycles. The highest BCUT2D eigenvalue weighted by Crippen LogP contribution is 2.23. The zero-order valence-electron chi connectivity index (χ0n) is 11.3. The lowest BCUT2D eigenvalue weighted by molar-refractivity contribution is -0.141. The molecule has 0 bridgehead atoms. The van der Waals surface area contributed by atoms with Gasteiger partial charge in [-0.05, 0) is 37.1 Å². The fourth-order valence-electron chi connectivity index (χ4n) is 1.32. The molecule has 19 heavy (non-hydrogen) atoms. The molecule has 7 nitrogen and oxygen atoms in total. The van der Waals surface area contributed by atoms with Crippen LogP contribution in [0.2, 0.25) is 0 Å². The SMILES string of the molecule is COC(=O)Cn1nnnc1SCCCC(C)(C)C#N. The molecule has 0 atom stereocenters. The first-order valence-corrected chi connectivity index (χ1v) is 6.84. The third kappa shape index (κ3) is 5.26. The summed E-state index contributed by atoms with van der Waals surface area (Å²) < 4.78 is 5.97. The number of rotatable bonds is 7. The fourth-order valence-corrected chi connectivity index (χ4v) is 2.13. The lowest BCUT2D eigenvalue weighted by Crippen LogP contribution is -2.14. The summed E-state index contributed by atoms with van der Waals surface area (Å²) in [6.45, 7) is 3.84. The molecule has 0 spiro atoms. The van der Waals surface area contributed by atoms with Crippen molar-refractivity contribution in [3.05, 3.63) is 0 Å². The lowest BCUT2D eigenvalue weighted by atomic mass is 9.90. The van der Waals surface area contributed by atoms with Gasteiger partial charge in [0, 0.05) is 5.75 Å². The van der Waals surface area contributed by atoms with E-state index in [4.69, 9.17) is 5.26 Å². The van der Waals surface area contributed by atoms with E-state index in [9.17, 15) is 4.79 Å². The normalized spacial score (nSPS) is 11.1. The Balaban J connectivity index is 2.40. The molecule has 0 aliphatic heterocycles. The number of nitriles is 1. The van der Waals surface area contributed by atoms with Gasteiger partial charge >= 0.3 is 5.97 Å². The molecular formula is C11H17N5O2S. The van der Waals surface area contributed by atoms with Gasteiger partial charge in [-0.2, -0.15) is 5.26 Å². The number of nitrogens with zero attached hydrogens (tertiary/aromatic N) is 5. The number of ether oxygens (including phenoxy) is 1. The summed E-state index contributed by atoms with van der Waals surface area (Å²) in [5.74, 6) is 0.409. The molecule has 0 unspecified atom stereocenters. The minimum absolute atomic E-state index is 0.00945. The molecule has 0 aliphatic carbocycles. The third-order valence-corrected chi connectivity index (χ3v) is 3.53. The van der Waals surface area contributed by atoms with Crippen LogP contribution in [0, 0.1) is 16.7 Å². The highest BCUT2D eigenvalue weighted by molar-refractivity contribution is 7.99. The molecular weight excluding hydrogens is 266 g/mol. The Hall–Kier alpha value is -1.62. The summed E-state index contributed by atoms with van der Waals surface area (Å²) in [5, 5.41) is 20.6. The van der Waals surface area contributed by atoms with Crippen molar-refractivity contribution in [2.24, 2.45) is 5.41 Å². The molecule has 8 heteroatoms. The maximum Gasteiger partial charge on any atom is 0.327 e. The molecule has 1 heterocycles. The molecule has 0 amide bonds. The quantitative estimate of drug-likeness (QED) is 0.422. The van der Waals surface area contributed by atoms with Gasteiger partial charge in [-0.15, -0.1) is 5.10 Å². The second-order valence-electron chi connectivity index (χ2n) is 4.64. The van der Waals surface area contributed by atoms with Gasteiger partial charge in [0.2, 0.25) is 5.16 Å². The predicted octanol–water partition coefficient (Wildman–Crippen LogP) is 1.27. The number of methoxy groups -OCH3 is 1. The largest absolute Gasteiger partial charge is 0.468 e. The van der Waals surface area contributed by atoms with E-state index in [0.717, 1.165) is 18.6 Å². The molecule has 0 aromatic carbocycles. The number of carbonyl (C=O) groups excluding carboxylic acids is 1. The van der Waals surface area contributed by atoms with Gasteiger partial charge in [0.25, 0.3) is 0 Å². The van der Waals surface area contributed by atoms with Crippen molar-refractivity contribution < 1.29 is 9.53 Å². The Morgan fingerprint density at radius 3 is 2.95 bits per heavy atom. The van der Waals surface area contributed by atoms with E-state index in [1.165, 1.54) is 23.6 Å². The highest BCUT2D eigenvalue weighted by atomic mass is 32.2. The average molecular weight is 283 g/mol. The zero-order valence-corrected chi connectivity index (χ0v) is 12.1. The lowest BCUT2D eigenvalue weighted by Gasteiger charge is -2.13. The number of hydrogen-bond acceptors (Lipinski definition) is 7. The second kappa shape index (κ2) is 7.09. The first-order chi connectivity index (χ1) is 8.98. The average Bonchev–Trinajstić information content (AvgIpc) is 2.82. The van der Waals surface area contributed by atoms with Crippen LogP contribution in [0.4, 0.5) is 0 Å². The van der Waals surface area contributed by atoms with Gasteiger partial charge in [0.05, 0.1) is 18.6 Å². The van der Waals surface area contributed by atoms with Gasteiger partial charge in [-0.3, -0.25) is 4.79 Å². The maximum atomic E-state index is 11.1. The van der Waals surface area contributed by atoms with E-state index < -0.39 is 0 Å². The Bertz CT molecular complexity index is 466. The molecule has 1 rings (SSSR count). The van der Waals surface area contributed by atoms with Crippen LogP contribution in [0.15, 0.2) is 5.16 Å². The number of thioether (sulfide) groups is 1. The molecule has 0 saturated heterocycles. The molecule has 104 valence electrons. The van der Waals surface area contributed by atoms with Crippen LogP contribution in [0.25, 0.3) is 0 Å². The number of esters is 1. The van der Waals surface area contributed by atoms with E-state index in [1.807, 2.05) is 13.8 Å². The summed E-state index contributed by atoms with van der Waals surface area (Å²) in [6, 6.07) is 2.26. The van der Waals surface area contributed by atoms with Crippen molar-refractivity contribution in [1.82, 2.24) is 20.2 Å². The summed E-state index contributed by atoms with van der Waals surface area (Å²) in [7, 11) is 1.32. The Kier molecular flexibility index (Phi) is 5.76. The summed E-state index contributed by atoms with van der Waals surface area (Å²) in [5.41, 5.74) is -0.307. The highest BCUT2D eigenvalue weighted by Gasteiger charge is 2.16. The summed E-state index contributed by atoms with van der Waals surface area (Å²) >= 11 is 1.47. The maximum absolute atomic E-state index is 11.1. The third-order valence-electron chi connectivity index (χ3n) is 2.49. The van der Waals surface area contributed by atoms with E-state index in [0.29, 0.717) is 5.16 Å². The van der Waals surface area contributed by atoms with Gasteiger partial charge in [0.1, 0.15) is 6.54 Å². The van der Waals surface area contributed by atoms with Crippen molar-refractivity contribution in [1.29, 1.82) is 5.26 Å². The first kappa shape index (κ1) is 15.4. The molecule has 0 saturated carbocycles. The Morgan fingerprint density at radius 1 is 1.58 bits per heavy atom. The standard InChI is InChI=1S/C11H17N5O2S/c1-11(2,8-12)5-4-6-19-10-13-14-15-16(10)7-9(17)18-3/h4-7H2,1-3H3. The van der Waals surface area contributed by atoms with Gasteiger partial charge in [-0.25, -0.2) is 4.68 Å². The minimum Gasteiger partial charge on any atom is -0.468 e. The van der Waals surface area contributed by atoms with Crippen molar-refractivity contribution in [2.75, 3.05) is 12.9 Å². The van der Waals surface area contributed by atoms with Crippen LogP contribution >= 0.6 is 11.8 Å². The van der Waals surface area contributed by atoms with Crippen LogP contribution in [-0.2, 0) is 16.1 Å². The Labute approximate surface area is 116 Å². The van der Waals surface area contributed by atoms with E-state index in [2.05, 4.69) is 26.3 Å². The topological polar surface area (TPSA) is 93.7 Å². The predicted molar refractivity (Wildman–Crippen MR) is 69.2 cm³/mol.